The molecule has 0 aliphatic heterocycles. The Balaban J connectivity index is 2.14. The summed E-state index contributed by atoms with van der Waals surface area (Å²) in [4.78, 5) is 27.6. The summed E-state index contributed by atoms with van der Waals surface area (Å²) in [5.74, 6) is 0.554. The first-order valence-corrected chi connectivity index (χ1v) is 7.98. The lowest BCUT2D eigenvalue weighted by atomic mass is 9.91. The summed E-state index contributed by atoms with van der Waals surface area (Å²) in [6.45, 7) is 3.31. The summed E-state index contributed by atoms with van der Waals surface area (Å²) in [6.07, 6.45) is 6.56. The zero-order valence-corrected chi connectivity index (χ0v) is 13.3. The van der Waals surface area contributed by atoms with E-state index in [-0.39, 0.29) is 30.1 Å². The number of nitrogen functional groups attached to an aromatic ring is 1. The molecule has 1 aromatic heterocycles. The number of carbonyl (C=O) groups excluding carboxylic acids is 2. The van der Waals surface area contributed by atoms with E-state index in [9.17, 15) is 9.59 Å². The van der Waals surface area contributed by atoms with E-state index in [2.05, 4.69) is 10.3 Å². The molecule has 1 aliphatic carbocycles. The van der Waals surface area contributed by atoms with Gasteiger partial charge in [0.1, 0.15) is 11.6 Å². The van der Waals surface area contributed by atoms with Crippen LogP contribution in [-0.2, 0) is 9.59 Å². The number of pyridine rings is 1. The number of Topliss-reactive ketones (excluding diaryl/α,β-unsaturated/α-hetero) is 1. The molecule has 1 aliphatic rings. The number of amides is 1. The molecule has 22 heavy (non-hydrogen) atoms. The number of carbonyl (C=O) groups is 2. The lowest BCUT2D eigenvalue weighted by molar-refractivity contribution is -0.129. The van der Waals surface area contributed by atoms with E-state index in [0.29, 0.717) is 11.7 Å². The number of ketones is 1. The molecular formula is C17H25N3O2. The van der Waals surface area contributed by atoms with Gasteiger partial charge in [0.15, 0.2) is 0 Å². The smallest absolute Gasteiger partial charge is 0.223 e. The summed E-state index contributed by atoms with van der Waals surface area (Å²) < 4.78 is 0. The van der Waals surface area contributed by atoms with Gasteiger partial charge in [-0.15, -0.1) is 0 Å². The van der Waals surface area contributed by atoms with Crippen LogP contribution in [0.4, 0.5) is 5.82 Å². The fourth-order valence-electron chi connectivity index (χ4n) is 3.24. The predicted octanol–water partition coefficient (Wildman–Crippen LogP) is 2.63. The van der Waals surface area contributed by atoms with Gasteiger partial charge in [0.25, 0.3) is 0 Å². The molecule has 1 saturated carbocycles. The molecule has 5 heteroatoms. The van der Waals surface area contributed by atoms with E-state index >= 15 is 0 Å². The third kappa shape index (κ3) is 4.29. The molecule has 1 amide bonds. The zero-order valence-electron chi connectivity index (χ0n) is 13.3. The van der Waals surface area contributed by atoms with Crippen LogP contribution in [0.15, 0.2) is 18.3 Å². The molecule has 1 fully saturated rings. The first-order valence-electron chi connectivity index (χ1n) is 7.98. The van der Waals surface area contributed by atoms with Crippen molar-refractivity contribution in [2.24, 2.45) is 11.8 Å². The van der Waals surface area contributed by atoms with E-state index in [1.807, 2.05) is 12.1 Å². The Kier molecular flexibility index (Phi) is 5.52. The molecule has 0 spiro atoms. The van der Waals surface area contributed by atoms with E-state index in [4.69, 9.17) is 5.73 Å². The van der Waals surface area contributed by atoms with Crippen LogP contribution < -0.4 is 11.1 Å². The molecule has 2 rings (SSSR count). The molecule has 0 saturated heterocycles. The number of hydrogen-bond donors (Lipinski definition) is 2. The average molecular weight is 303 g/mol. The van der Waals surface area contributed by atoms with Crippen molar-refractivity contribution in [3.05, 3.63) is 23.9 Å². The summed E-state index contributed by atoms with van der Waals surface area (Å²) >= 11 is 0. The normalized spacial score (nSPS) is 17.9. The summed E-state index contributed by atoms with van der Waals surface area (Å²) in [5.41, 5.74) is 6.79. The second kappa shape index (κ2) is 7.38. The van der Waals surface area contributed by atoms with E-state index in [1.54, 1.807) is 13.1 Å². The Bertz CT molecular complexity index is 538. The minimum atomic E-state index is -0.305. The highest BCUT2D eigenvalue weighted by Crippen LogP contribution is 2.36. The molecule has 0 unspecified atom stereocenters. The van der Waals surface area contributed by atoms with Crippen LogP contribution in [0, 0.1) is 11.8 Å². The van der Waals surface area contributed by atoms with Crippen molar-refractivity contribution in [3.8, 4) is 0 Å². The van der Waals surface area contributed by atoms with Crippen LogP contribution in [0.2, 0.25) is 0 Å². The van der Waals surface area contributed by atoms with E-state index in [1.165, 1.54) is 19.8 Å². The highest BCUT2D eigenvalue weighted by Gasteiger charge is 2.29. The molecule has 0 radical (unpaired) electrons. The third-order valence-corrected chi connectivity index (χ3v) is 4.37. The lowest BCUT2D eigenvalue weighted by Gasteiger charge is -2.26. The van der Waals surface area contributed by atoms with Crippen molar-refractivity contribution in [3.63, 3.8) is 0 Å². The van der Waals surface area contributed by atoms with Crippen LogP contribution in [0.5, 0.6) is 0 Å². The van der Waals surface area contributed by atoms with Gasteiger partial charge in [-0.3, -0.25) is 4.79 Å². The first kappa shape index (κ1) is 16.5. The highest BCUT2D eigenvalue weighted by molar-refractivity contribution is 5.85. The van der Waals surface area contributed by atoms with E-state index in [0.717, 1.165) is 18.4 Å². The summed E-state index contributed by atoms with van der Waals surface area (Å²) in [6, 6.07) is 3.70. The topological polar surface area (TPSA) is 85.1 Å². The lowest BCUT2D eigenvalue weighted by Crippen LogP contribution is -2.36. The molecule has 2 atom stereocenters. The second-order valence-electron chi connectivity index (χ2n) is 6.35. The summed E-state index contributed by atoms with van der Waals surface area (Å²) in [5, 5.41) is 3.13. The van der Waals surface area contributed by atoms with Crippen LogP contribution in [0.3, 0.4) is 0 Å². The van der Waals surface area contributed by atoms with Crippen molar-refractivity contribution in [2.75, 3.05) is 5.73 Å². The number of nitrogens with zero attached hydrogens (tertiary/aromatic N) is 1. The van der Waals surface area contributed by atoms with Gasteiger partial charge >= 0.3 is 0 Å². The fourth-order valence-corrected chi connectivity index (χ4v) is 3.24. The Labute approximate surface area is 131 Å². The van der Waals surface area contributed by atoms with Crippen LogP contribution in [0.1, 0.15) is 57.6 Å². The number of aromatic nitrogens is 1. The maximum Gasteiger partial charge on any atom is 0.223 e. The zero-order chi connectivity index (χ0) is 16.1. The molecule has 0 aromatic carbocycles. The fraction of sp³-hybridized carbons (Fsp3) is 0.588. The molecule has 1 heterocycles. The van der Waals surface area contributed by atoms with E-state index < -0.39 is 0 Å². The largest absolute Gasteiger partial charge is 0.384 e. The van der Waals surface area contributed by atoms with Crippen molar-refractivity contribution in [1.82, 2.24) is 10.3 Å². The molecule has 120 valence electrons. The standard InChI is InChI=1S/C17H25N3O2/c1-11(9-12(2)21)17(22)20-16(13-5-3-4-6-13)14-7-8-19-15(18)10-14/h7-8,10-11,13,16H,3-6,9H2,1-2H3,(H2,18,19)(H,20,22)/t11-,16-/m0/s1. The van der Waals surface area contributed by atoms with Crippen LogP contribution in [0.25, 0.3) is 0 Å². The number of hydrogen-bond acceptors (Lipinski definition) is 4. The number of nitrogens with one attached hydrogen (secondary N) is 1. The van der Waals surface area contributed by atoms with Crippen molar-refractivity contribution in [2.45, 2.75) is 52.0 Å². The van der Waals surface area contributed by atoms with Gasteiger partial charge in [-0.25, -0.2) is 4.98 Å². The average Bonchev–Trinajstić information content (AvgIpc) is 2.97. The Morgan fingerprint density at radius 2 is 2.09 bits per heavy atom. The Hall–Kier alpha value is -1.91. The number of rotatable bonds is 6. The molecular weight excluding hydrogens is 278 g/mol. The predicted molar refractivity (Wildman–Crippen MR) is 86.0 cm³/mol. The minimum Gasteiger partial charge on any atom is -0.384 e. The SMILES string of the molecule is CC(=O)C[C@H](C)C(=O)N[C@H](c1ccnc(N)c1)C1CCCC1. The Morgan fingerprint density at radius 3 is 2.68 bits per heavy atom. The van der Waals surface area contributed by atoms with Gasteiger partial charge < -0.3 is 15.8 Å². The molecule has 5 nitrogen and oxygen atoms in total. The maximum atomic E-state index is 12.4. The molecule has 1 aromatic rings. The monoisotopic (exact) mass is 303 g/mol. The number of nitrogens with two attached hydrogens (primary N) is 1. The number of anilines is 1. The van der Waals surface area contributed by atoms with Gasteiger partial charge in [-0.1, -0.05) is 19.8 Å². The molecule has 3 N–H and O–H groups in total. The van der Waals surface area contributed by atoms with Crippen molar-refractivity contribution >= 4 is 17.5 Å². The van der Waals surface area contributed by atoms with Gasteiger partial charge in [0.2, 0.25) is 5.91 Å². The minimum absolute atomic E-state index is 0.0354. The van der Waals surface area contributed by atoms with Crippen molar-refractivity contribution < 1.29 is 9.59 Å². The van der Waals surface area contributed by atoms with Gasteiger partial charge in [0, 0.05) is 18.5 Å². The molecule has 0 bridgehead atoms. The third-order valence-electron chi connectivity index (χ3n) is 4.37. The van der Waals surface area contributed by atoms with Crippen LogP contribution >= 0.6 is 0 Å². The Morgan fingerprint density at radius 1 is 1.41 bits per heavy atom. The maximum absolute atomic E-state index is 12.4. The highest BCUT2D eigenvalue weighted by atomic mass is 16.2. The van der Waals surface area contributed by atoms with Gasteiger partial charge in [0.05, 0.1) is 6.04 Å². The van der Waals surface area contributed by atoms with Crippen LogP contribution in [-0.4, -0.2) is 16.7 Å². The van der Waals surface area contributed by atoms with Gasteiger partial charge in [-0.2, -0.15) is 0 Å². The van der Waals surface area contributed by atoms with Crippen molar-refractivity contribution in [1.29, 1.82) is 0 Å². The quantitative estimate of drug-likeness (QED) is 0.846. The first-order chi connectivity index (χ1) is 10.5. The second-order valence-corrected chi connectivity index (χ2v) is 6.35. The summed E-state index contributed by atoms with van der Waals surface area (Å²) in [7, 11) is 0. The van der Waals surface area contributed by atoms with Gasteiger partial charge in [-0.05, 0) is 43.4 Å².